The predicted molar refractivity (Wildman–Crippen MR) is 116 cm³/mol. The summed E-state index contributed by atoms with van der Waals surface area (Å²) in [4.78, 5) is 21.1. The molecule has 2 saturated heterocycles. The van der Waals surface area contributed by atoms with Gasteiger partial charge in [-0.25, -0.2) is 9.78 Å². The number of pyridine rings is 1. The van der Waals surface area contributed by atoms with Crippen molar-refractivity contribution in [3.8, 4) is 16.9 Å². The fraction of sp³-hybridized carbons (Fsp3) is 0.500. The van der Waals surface area contributed by atoms with Crippen molar-refractivity contribution < 1.29 is 19.4 Å². The smallest absolute Gasteiger partial charge is 0.415 e. The first-order valence-electron chi connectivity index (χ1n) is 11.3. The number of hydrogen-bond donors (Lipinski definition) is 1. The SMILES string of the molecule is O=C1O[C@@H](CO)C2COc3cc(-c4ccc(N5C[C@H]6CCCC[C@H]6C5)nc4)ccc3N12. The third kappa shape index (κ3) is 3.14. The number of hydrogen-bond acceptors (Lipinski definition) is 6. The molecule has 4 aliphatic rings. The van der Waals surface area contributed by atoms with Gasteiger partial charge < -0.3 is 19.5 Å². The average molecular weight is 421 g/mol. The molecule has 7 nitrogen and oxygen atoms in total. The fourth-order valence-corrected chi connectivity index (χ4v) is 5.70. The molecule has 1 unspecified atom stereocenters. The summed E-state index contributed by atoms with van der Waals surface area (Å²) in [6.07, 6.45) is 6.41. The third-order valence-corrected chi connectivity index (χ3v) is 7.40. The van der Waals surface area contributed by atoms with E-state index in [1.165, 1.54) is 25.7 Å². The molecule has 4 heterocycles. The van der Waals surface area contributed by atoms with Crippen LogP contribution in [0.2, 0.25) is 0 Å². The Labute approximate surface area is 181 Å². The van der Waals surface area contributed by atoms with Gasteiger partial charge >= 0.3 is 6.09 Å². The van der Waals surface area contributed by atoms with Gasteiger partial charge in [-0.15, -0.1) is 0 Å². The van der Waals surface area contributed by atoms with E-state index in [4.69, 9.17) is 14.5 Å². The second-order valence-electron chi connectivity index (χ2n) is 9.15. The highest BCUT2D eigenvalue weighted by molar-refractivity contribution is 5.94. The summed E-state index contributed by atoms with van der Waals surface area (Å²) in [5, 5.41) is 9.45. The number of fused-ring (bicyclic) bond motifs is 4. The number of nitrogens with zero attached hydrogens (tertiary/aromatic N) is 3. The molecule has 1 aromatic carbocycles. The van der Waals surface area contributed by atoms with E-state index in [0.29, 0.717) is 18.0 Å². The van der Waals surface area contributed by atoms with E-state index in [1.807, 2.05) is 24.4 Å². The minimum absolute atomic E-state index is 0.208. The second kappa shape index (κ2) is 7.41. The molecule has 0 bridgehead atoms. The number of ether oxygens (including phenoxy) is 2. The van der Waals surface area contributed by atoms with Gasteiger partial charge in [-0.1, -0.05) is 18.9 Å². The molecule has 3 aliphatic heterocycles. The molecule has 1 aromatic heterocycles. The number of anilines is 2. The van der Waals surface area contributed by atoms with Crippen molar-refractivity contribution in [2.75, 3.05) is 36.1 Å². The van der Waals surface area contributed by atoms with Crippen LogP contribution in [0.15, 0.2) is 36.5 Å². The Bertz CT molecular complexity index is 981. The molecule has 1 N–H and O–H groups in total. The van der Waals surface area contributed by atoms with E-state index < -0.39 is 12.2 Å². The molecular weight excluding hydrogens is 394 g/mol. The number of carbonyl (C=O) groups is 1. The first-order chi connectivity index (χ1) is 15.2. The summed E-state index contributed by atoms with van der Waals surface area (Å²) in [6.45, 7) is 2.36. The second-order valence-corrected chi connectivity index (χ2v) is 9.15. The zero-order valence-corrected chi connectivity index (χ0v) is 17.4. The highest BCUT2D eigenvalue weighted by Crippen LogP contribution is 2.41. The molecule has 7 heteroatoms. The van der Waals surface area contributed by atoms with Gasteiger partial charge in [0.1, 0.15) is 24.2 Å². The predicted octanol–water partition coefficient (Wildman–Crippen LogP) is 3.45. The zero-order valence-electron chi connectivity index (χ0n) is 17.4. The van der Waals surface area contributed by atoms with Crippen LogP contribution in [0, 0.1) is 11.8 Å². The summed E-state index contributed by atoms with van der Waals surface area (Å²) >= 11 is 0. The van der Waals surface area contributed by atoms with Crippen LogP contribution >= 0.6 is 0 Å². The maximum Gasteiger partial charge on any atom is 0.415 e. The summed E-state index contributed by atoms with van der Waals surface area (Å²) in [5.41, 5.74) is 2.70. The van der Waals surface area contributed by atoms with E-state index in [2.05, 4.69) is 17.0 Å². The molecule has 2 aromatic rings. The summed E-state index contributed by atoms with van der Waals surface area (Å²) in [6, 6.07) is 9.76. The highest BCUT2D eigenvalue weighted by atomic mass is 16.6. The molecular formula is C24H27N3O4. The van der Waals surface area contributed by atoms with Crippen LogP contribution in [0.4, 0.5) is 16.3 Å². The molecule has 1 amide bonds. The Morgan fingerprint density at radius 1 is 1.06 bits per heavy atom. The van der Waals surface area contributed by atoms with Crippen LogP contribution in [0.25, 0.3) is 11.1 Å². The normalized spacial score (nSPS) is 29.1. The van der Waals surface area contributed by atoms with Gasteiger partial charge in [0.15, 0.2) is 6.10 Å². The fourth-order valence-electron chi connectivity index (χ4n) is 5.70. The monoisotopic (exact) mass is 421 g/mol. The number of cyclic esters (lactones) is 1. The maximum atomic E-state index is 12.3. The van der Waals surface area contributed by atoms with Crippen LogP contribution in [0.3, 0.4) is 0 Å². The molecule has 4 atom stereocenters. The van der Waals surface area contributed by atoms with Crippen LogP contribution in [0.5, 0.6) is 5.75 Å². The largest absolute Gasteiger partial charge is 0.489 e. The Kier molecular flexibility index (Phi) is 4.52. The lowest BCUT2D eigenvalue weighted by Gasteiger charge is -2.31. The number of benzene rings is 1. The molecule has 31 heavy (non-hydrogen) atoms. The van der Waals surface area contributed by atoms with Crippen molar-refractivity contribution in [2.45, 2.75) is 37.8 Å². The van der Waals surface area contributed by atoms with E-state index in [9.17, 15) is 9.90 Å². The van der Waals surface area contributed by atoms with Crippen molar-refractivity contribution in [3.05, 3.63) is 36.5 Å². The number of aliphatic hydroxyl groups is 1. The van der Waals surface area contributed by atoms with Crippen molar-refractivity contribution >= 4 is 17.6 Å². The van der Waals surface area contributed by atoms with Crippen LogP contribution < -0.4 is 14.5 Å². The summed E-state index contributed by atoms with van der Waals surface area (Å²) in [7, 11) is 0. The van der Waals surface area contributed by atoms with Crippen molar-refractivity contribution in [1.29, 1.82) is 0 Å². The molecule has 0 radical (unpaired) electrons. The Morgan fingerprint density at radius 2 is 1.84 bits per heavy atom. The lowest BCUT2D eigenvalue weighted by molar-refractivity contribution is 0.0734. The topological polar surface area (TPSA) is 75.1 Å². The van der Waals surface area contributed by atoms with Gasteiger partial charge in [0, 0.05) is 24.8 Å². The Morgan fingerprint density at radius 3 is 2.55 bits per heavy atom. The number of aliphatic hydroxyl groups excluding tert-OH is 1. The van der Waals surface area contributed by atoms with Crippen molar-refractivity contribution in [3.63, 3.8) is 0 Å². The maximum absolute atomic E-state index is 12.3. The lowest BCUT2D eigenvalue weighted by atomic mass is 9.82. The van der Waals surface area contributed by atoms with Gasteiger partial charge in [-0.3, -0.25) is 4.90 Å². The van der Waals surface area contributed by atoms with Gasteiger partial charge in [0.25, 0.3) is 0 Å². The van der Waals surface area contributed by atoms with Crippen molar-refractivity contribution in [2.24, 2.45) is 11.8 Å². The zero-order chi connectivity index (χ0) is 20.9. The first-order valence-corrected chi connectivity index (χ1v) is 11.3. The lowest BCUT2D eigenvalue weighted by Crippen LogP contribution is -2.45. The van der Waals surface area contributed by atoms with Crippen LogP contribution in [-0.2, 0) is 4.74 Å². The van der Waals surface area contributed by atoms with Gasteiger partial charge in [0.2, 0.25) is 0 Å². The molecule has 0 spiro atoms. The molecule has 1 saturated carbocycles. The van der Waals surface area contributed by atoms with E-state index in [0.717, 1.165) is 41.9 Å². The van der Waals surface area contributed by atoms with E-state index in [-0.39, 0.29) is 12.6 Å². The molecule has 3 fully saturated rings. The summed E-state index contributed by atoms with van der Waals surface area (Å²) < 4.78 is 11.2. The van der Waals surface area contributed by atoms with Crippen molar-refractivity contribution in [1.82, 2.24) is 4.98 Å². The third-order valence-electron chi connectivity index (χ3n) is 7.40. The number of rotatable bonds is 3. The molecule has 1 aliphatic carbocycles. The standard InChI is InChI=1S/C24H27N3O4/c28-13-22-20-14-30-21-9-15(5-7-19(21)27(20)24(29)31-22)16-6-8-23(25-10-16)26-11-17-3-1-2-4-18(17)12-26/h5-10,17-18,20,22,28H,1-4,11-14H2/t17-,18+,20?,22-/m0/s1. The molecule has 162 valence electrons. The minimum Gasteiger partial charge on any atom is -0.489 e. The quantitative estimate of drug-likeness (QED) is 0.818. The highest BCUT2D eigenvalue weighted by Gasteiger charge is 2.46. The number of carbonyl (C=O) groups excluding carboxylic acids is 1. The van der Waals surface area contributed by atoms with Gasteiger partial charge in [0.05, 0.1) is 12.3 Å². The minimum atomic E-state index is -0.550. The molecule has 6 rings (SSSR count). The number of amides is 1. The van der Waals surface area contributed by atoms with Gasteiger partial charge in [-0.05, 0) is 54.5 Å². The van der Waals surface area contributed by atoms with Crippen LogP contribution in [0.1, 0.15) is 25.7 Å². The van der Waals surface area contributed by atoms with Gasteiger partial charge in [-0.2, -0.15) is 0 Å². The number of aromatic nitrogens is 1. The van der Waals surface area contributed by atoms with E-state index >= 15 is 0 Å². The Hall–Kier alpha value is -2.80. The Balaban J connectivity index is 1.22. The first kappa shape index (κ1) is 18.9. The average Bonchev–Trinajstić information content (AvgIpc) is 3.40. The van der Waals surface area contributed by atoms with E-state index in [1.54, 1.807) is 4.90 Å². The summed E-state index contributed by atoms with van der Waals surface area (Å²) in [5.74, 6) is 3.38. The van der Waals surface area contributed by atoms with Crippen LogP contribution in [-0.4, -0.2) is 54.6 Å².